The van der Waals surface area contributed by atoms with E-state index in [-0.39, 0.29) is 40.5 Å². The van der Waals surface area contributed by atoms with E-state index in [0.717, 1.165) is 36.8 Å². The lowest BCUT2D eigenvalue weighted by atomic mass is 9.43. The summed E-state index contributed by atoms with van der Waals surface area (Å²) >= 11 is 0. The molecule has 1 N–H and O–H groups in total. The summed E-state index contributed by atoms with van der Waals surface area (Å²) in [7, 11) is -2.89. The fourth-order valence-electron chi connectivity index (χ4n) is 6.48. The number of nitrogens with one attached hydrogen (secondary N) is 1. The predicted molar refractivity (Wildman–Crippen MR) is 123 cm³/mol. The van der Waals surface area contributed by atoms with Crippen molar-refractivity contribution in [1.29, 1.82) is 0 Å². The van der Waals surface area contributed by atoms with Gasteiger partial charge in [0.15, 0.2) is 9.84 Å². The van der Waals surface area contributed by atoms with Crippen molar-refractivity contribution in [1.82, 2.24) is 15.1 Å². The van der Waals surface area contributed by atoms with E-state index in [1.165, 1.54) is 17.7 Å². The topological polar surface area (TPSA) is 69.7 Å². The Bertz CT molecular complexity index is 1180. The van der Waals surface area contributed by atoms with E-state index in [2.05, 4.69) is 22.3 Å². The first-order valence-corrected chi connectivity index (χ1v) is 13.5. The van der Waals surface area contributed by atoms with Crippen molar-refractivity contribution >= 4 is 15.9 Å². The van der Waals surface area contributed by atoms with Crippen molar-refractivity contribution in [3.8, 4) is 0 Å². The zero-order chi connectivity index (χ0) is 22.8. The lowest BCUT2D eigenvalue weighted by molar-refractivity contribution is -0.172. The zero-order valence-corrected chi connectivity index (χ0v) is 19.3. The molecule has 2 bridgehead atoms. The smallest absolute Gasteiger partial charge is 0.318 e. The number of rotatable bonds is 3. The normalized spacial score (nSPS) is 32.3. The van der Waals surface area contributed by atoms with Crippen LogP contribution in [0.2, 0.25) is 0 Å². The number of halogens is 1. The van der Waals surface area contributed by atoms with E-state index in [1.807, 2.05) is 17.0 Å². The van der Waals surface area contributed by atoms with E-state index < -0.39 is 9.84 Å². The Morgan fingerprint density at radius 2 is 1.64 bits per heavy atom. The van der Waals surface area contributed by atoms with E-state index in [1.54, 1.807) is 12.1 Å². The highest BCUT2D eigenvalue weighted by atomic mass is 32.2. The van der Waals surface area contributed by atoms with Gasteiger partial charge in [0.25, 0.3) is 0 Å². The molecule has 2 amide bonds. The number of carbonyl (C=O) groups excluding carboxylic acids is 1. The summed E-state index contributed by atoms with van der Waals surface area (Å²) in [5, 5.41) is 3.32. The summed E-state index contributed by atoms with van der Waals surface area (Å²) in [5.74, 6) is 0.185. The first-order valence-electron chi connectivity index (χ1n) is 11.7. The minimum atomic E-state index is -2.89. The molecule has 4 fully saturated rings. The quantitative estimate of drug-likeness (QED) is 0.751. The molecule has 1 atom stereocenters. The maximum atomic E-state index is 13.6. The largest absolute Gasteiger partial charge is 0.332 e. The van der Waals surface area contributed by atoms with Gasteiger partial charge in [-0.15, -0.1) is 0 Å². The van der Waals surface area contributed by atoms with Crippen molar-refractivity contribution in [2.24, 2.45) is 0 Å². The molecular formula is C25H28FN3O3S. The second-order valence-corrected chi connectivity index (χ2v) is 12.5. The minimum absolute atomic E-state index is 0.0636. The molecule has 6 nitrogen and oxygen atoms in total. The molecule has 2 aliphatic heterocycles. The first kappa shape index (κ1) is 21.1. The van der Waals surface area contributed by atoms with Gasteiger partial charge in [-0.2, -0.15) is 0 Å². The molecule has 0 aromatic heterocycles. The highest BCUT2D eigenvalue weighted by Crippen LogP contribution is 2.63. The number of hydrogen-bond acceptors (Lipinski definition) is 4. The molecule has 1 saturated heterocycles. The third-order valence-corrected chi connectivity index (χ3v) is 9.73. The van der Waals surface area contributed by atoms with Crippen LogP contribution < -0.4 is 5.32 Å². The molecule has 5 aliphatic rings. The predicted octanol–water partition coefficient (Wildman–Crippen LogP) is 2.89. The molecule has 2 aromatic rings. The van der Waals surface area contributed by atoms with Crippen LogP contribution in [-0.2, 0) is 16.3 Å². The second kappa shape index (κ2) is 7.27. The molecular weight excluding hydrogens is 441 g/mol. The Morgan fingerprint density at radius 3 is 2.33 bits per heavy atom. The van der Waals surface area contributed by atoms with Crippen molar-refractivity contribution < 1.29 is 17.6 Å². The van der Waals surface area contributed by atoms with Crippen molar-refractivity contribution in [3.05, 3.63) is 71.0 Å². The lowest BCUT2D eigenvalue weighted by Crippen LogP contribution is -2.84. The zero-order valence-electron chi connectivity index (χ0n) is 18.5. The monoisotopic (exact) mass is 469 g/mol. The summed E-state index contributed by atoms with van der Waals surface area (Å²) < 4.78 is 37.1. The third-order valence-electron chi connectivity index (χ3n) is 8.12. The molecule has 33 heavy (non-hydrogen) atoms. The Kier molecular flexibility index (Phi) is 4.65. The summed E-state index contributed by atoms with van der Waals surface area (Å²) in [6, 6.07) is 14.3. The molecule has 2 heterocycles. The Morgan fingerprint density at radius 1 is 0.970 bits per heavy atom. The average Bonchev–Trinajstić information content (AvgIpc) is 2.75. The van der Waals surface area contributed by atoms with Crippen LogP contribution in [0.1, 0.15) is 42.0 Å². The van der Waals surface area contributed by atoms with Gasteiger partial charge in [0.05, 0.1) is 17.5 Å². The van der Waals surface area contributed by atoms with E-state index >= 15 is 0 Å². The molecule has 174 valence electrons. The van der Waals surface area contributed by atoms with E-state index in [9.17, 15) is 17.6 Å². The summed E-state index contributed by atoms with van der Waals surface area (Å²) in [6.07, 6.45) is 3.45. The second-order valence-electron chi connectivity index (χ2n) is 10.2. The molecule has 0 spiro atoms. The number of nitrogens with zero attached hydrogens (tertiary/aromatic N) is 2. The van der Waals surface area contributed by atoms with E-state index in [4.69, 9.17) is 0 Å². The Hall–Kier alpha value is -2.45. The summed E-state index contributed by atoms with van der Waals surface area (Å²) in [5.41, 5.74) is 3.10. The van der Waals surface area contributed by atoms with Gasteiger partial charge >= 0.3 is 6.03 Å². The van der Waals surface area contributed by atoms with Gasteiger partial charge in [-0.3, -0.25) is 4.90 Å². The van der Waals surface area contributed by atoms with Gasteiger partial charge < -0.3 is 10.2 Å². The van der Waals surface area contributed by atoms with Crippen molar-refractivity contribution in [2.75, 3.05) is 31.1 Å². The summed E-state index contributed by atoms with van der Waals surface area (Å²) in [4.78, 5) is 17.7. The minimum Gasteiger partial charge on any atom is -0.332 e. The summed E-state index contributed by atoms with van der Waals surface area (Å²) in [6.45, 7) is 1.81. The van der Waals surface area contributed by atoms with E-state index in [0.29, 0.717) is 19.6 Å². The SMILES string of the molecule is O=C(NC12CC(N3CCS(=O)(=O)CC3)(C1)C2)N1CCc2ccccc2[C@@H]1c1ccc(F)cc1. The van der Waals surface area contributed by atoms with Crippen LogP contribution in [0.3, 0.4) is 0 Å². The Labute approximate surface area is 193 Å². The third kappa shape index (κ3) is 3.46. The van der Waals surface area contributed by atoms with Crippen LogP contribution in [0.4, 0.5) is 9.18 Å². The average molecular weight is 470 g/mol. The molecule has 3 aliphatic carbocycles. The number of benzene rings is 2. The molecule has 3 saturated carbocycles. The number of carbonyl (C=O) groups is 1. The number of urea groups is 1. The van der Waals surface area contributed by atoms with Crippen LogP contribution in [0.5, 0.6) is 0 Å². The fourth-order valence-corrected chi connectivity index (χ4v) is 7.68. The van der Waals surface area contributed by atoms with Gasteiger partial charge in [-0.25, -0.2) is 17.6 Å². The number of sulfone groups is 1. The van der Waals surface area contributed by atoms with Gasteiger partial charge in [-0.1, -0.05) is 36.4 Å². The van der Waals surface area contributed by atoms with Crippen LogP contribution >= 0.6 is 0 Å². The molecule has 2 aromatic carbocycles. The Balaban J connectivity index is 1.18. The van der Waals surface area contributed by atoms with Gasteiger partial charge in [-0.05, 0) is 54.5 Å². The standard InChI is InChI=1S/C25H28FN3O3S/c26-20-7-5-19(6-8-20)22-21-4-2-1-3-18(21)9-10-29(22)23(30)27-24-15-25(16-24,17-24)28-11-13-33(31,32)14-12-28/h1-8,22H,9-17H2,(H,27,30)/t22-,24?,25?/m0/s1. The molecule has 0 unspecified atom stereocenters. The van der Waals surface area contributed by atoms with Crippen LogP contribution in [-0.4, -0.2) is 66.5 Å². The number of hydrogen-bond donors (Lipinski definition) is 1. The van der Waals surface area contributed by atoms with Crippen LogP contribution in [0, 0.1) is 5.82 Å². The lowest BCUT2D eigenvalue weighted by Gasteiger charge is -2.74. The number of amides is 2. The van der Waals surface area contributed by atoms with Gasteiger partial charge in [0.1, 0.15) is 5.82 Å². The molecule has 7 rings (SSSR count). The van der Waals surface area contributed by atoms with Crippen LogP contribution in [0.25, 0.3) is 0 Å². The fraction of sp³-hybridized carbons (Fsp3) is 0.480. The maximum absolute atomic E-state index is 13.6. The highest BCUT2D eigenvalue weighted by Gasteiger charge is 2.71. The first-order chi connectivity index (χ1) is 15.8. The van der Waals surface area contributed by atoms with Crippen LogP contribution in [0.15, 0.2) is 48.5 Å². The molecule has 8 heteroatoms. The van der Waals surface area contributed by atoms with Gasteiger partial charge in [0, 0.05) is 30.7 Å². The molecule has 0 radical (unpaired) electrons. The van der Waals surface area contributed by atoms with Gasteiger partial charge in [0.2, 0.25) is 0 Å². The van der Waals surface area contributed by atoms with Crippen molar-refractivity contribution in [2.45, 2.75) is 42.8 Å². The maximum Gasteiger partial charge on any atom is 0.318 e. The van der Waals surface area contributed by atoms with Crippen molar-refractivity contribution in [3.63, 3.8) is 0 Å². The highest BCUT2D eigenvalue weighted by molar-refractivity contribution is 7.91. The number of fused-ring (bicyclic) bond motifs is 1.